The molecule has 0 aromatic carbocycles. The molecule has 1 amide bonds. The number of esters is 1. The zero-order valence-corrected chi connectivity index (χ0v) is 14.5. The molecule has 1 fully saturated rings. The molecule has 0 spiro atoms. The Morgan fingerprint density at radius 2 is 2.09 bits per heavy atom. The van der Waals surface area contributed by atoms with Gasteiger partial charge in [-0.25, -0.2) is 14.3 Å². The minimum Gasteiger partial charge on any atom is -0.445 e. The highest BCUT2D eigenvalue weighted by Crippen LogP contribution is 2.24. The van der Waals surface area contributed by atoms with Gasteiger partial charge in [0, 0.05) is 13.1 Å². The lowest BCUT2D eigenvalue weighted by molar-refractivity contribution is 0.0287. The van der Waals surface area contributed by atoms with Gasteiger partial charge in [-0.2, -0.15) is 0 Å². The number of hydrogen-bond donors (Lipinski definition) is 0. The number of carbonyl (C=O) groups is 2. The van der Waals surface area contributed by atoms with Crippen LogP contribution in [-0.2, 0) is 9.47 Å². The highest BCUT2D eigenvalue weighted by atomic mass is 35.5. The van der Waals surface area contributed by atoms with E-state index >= 15 is 0 Å². The van der Waals surface area contributed by atoms with Crippen LogP contribution in [0.2, 0.25) is 0 Å². The second-order valence-corrected chi connectivity index (χ2v) is 6.60. The number of rotatable bonds is 3. The van der Waals surface area contributed by atoms with Crippen LogP contribution >= 0.6 is 11.6 Å². The monoisotopic (exact) mass is 344 g/mol. The van der Waals surface area contributed by atoms with Gasteiger partial charge in [-0.1, -0.05) is 16.8 Å². The molecular formula is C14H21ClN4O4. The van der Waals surface area contributed by atoms with Crippen LogP contribution in [0.15, 0.2) is 0 Å². The summed E-state index contributed by atoms with van der Waals surface area (Å²) in [5.41, 5.74) is 0.203. The van der Waals surface area contributed by atoms with E-state index in [1.807, 2.05) is 20.8 Å². The summed E-state index contributed by atoms with van der Waals surface area (Å²) in [6, 6.07) is -0.284. The quantitative estimate of drug-likeness (QED) is 0.616. The van der Waals surface area contributed by atoms with Gasteiger partial charge in [0.2, 0.25) is 0 Å². The number of hydrogen-bond acceptors (Lipinski definition) is 6. The predicted octanol–water partition coefficient (Wildman–Crippen LogP) is 2.12. The molecular weight excluding hydrogens is 324 g/mol. The van der Waals surface area contributed by atoms with E-state index < -0.39 is 11.6 Å². The molecule has 0 radical (unpaired) electrons. The molecule has 128 valence electrons. The van der Waals surface area contributed by atoms with Crippen LogP contribution in [0.4, 0.5) is 4.79 Å². The number of carbonyl (C=O) groups excluding carboxylic acids is 2. The molecule has 2 heterocycles. The molecule has 2 rings (SSSR count). The van der Waals surface area contributed by atoms with Crippen molar-refractivity contribution < 1.29 is 19.1 Å². The van der Waals surface area contributed by atoms with Gasteiger partial charge in [0.25, 0.3) is 0 Å². The molecule has 1 aromatic heterocycles. The molecule has 0 N–H and O–H groups in total. The molecule has 9 heteroatoms. The Morgan fingerprint density at radius 1 is 1.39 bits per heavy atom. The summed E-state index contributed by atoms with van der Waals surface area (Å²) < 4.78 is 11.7. The molecule has 23 heavy (non-hydrogen) atoms. The summed E-state index contributed by atoms with van der Waals surface area (Å²) in [5.74, 6) is -0.606. The molecule has 1 aliphatic rings. The van der Waals surface area contributed by atoms with E-state index in [2.05, 4.69) is 10.3 Å². The number of likely N-dealkylation sites (tertiary alicyclic amines) is 1. The van der Waals surface area contributed by atoms with Crippen LogP contribution in [0, 0.1) is 6.92 Å². The van der Waals surface area contributed by atoms with Crippen molar-refractivity contribution in [2.45, 2.75) is 45.8 Å². The van der Waals surface area contributed by atoms with E-state index in [1.165, 1.54) is 0 Å². The Hall–Kier alpha value is -1.83. The molecule has 1 unspecified atom stereocenters. The van der Waals surface area contributed by atoms with E-state index in [0.717, 1.165) is 0 Å². The lowest BCUT2D eigenvalue weighted by Gasteiger charge is -2.24. The Morgan fingerprint density at radius 3 is 2.70 bits per heavy atom. The van der Waals surface area contributed by atoms with E-state index in [1.54, 1.807) is 16.5 Å². The average Bonchev–Trinajstić information content (AvgIpc) is 3.03. The van der Waals surface area contributed by atoms with Gasteiger partial charge < -0.3 is 14.4 Å². The van der Waals surface area contributed by atoms with Gasteiger partial charge in [-0.3, -0.25) is 0 Å². The molecule has 0 saturated carbocycles. The maximum atomic E-state index is 12.1. The summed E-state index contributed by atoms with van der Waals surface area (Å²) in [5, 5.41) is 7.87. The highest BCUT2D eigenvalue weighted by molar-refractivity contribution is 6.17. The third-order valence-electron chi connectivity index (χ3n) is 3.47. The summed E-state index contributed by atoms with van der Waals surface area (Å²) >= 11 is 5.38. The fourth-order valence-corrected chi connectivity index (χ4v) is 2.53. The number of nitrogens with zero attached hydrogens (tertiary/aromatic N) is 4. The van der Waals surface area contributed by atoms with Crippen molar-refractivity contribution in [1.82, 2.24) is 19.9 Å². The predicted molar refractivity (Wildman–Crippen MR) is 82.4 cm³/mol. The topological polar surface area (TPSA) is 86.5 Å². The summed E-state index contributed by atoms with van der Waals surface area (Å²) in [7, 11) is 0. The first-order valence-corrected chi connectivity index (χ1v) is 7.89. The maximum absolute atomic E-state index is 12.1. The third-order valence-corrected chi connectivity index (χ3v) is 3.58. The highest BCUT2D eigenvalue weighted by Gasteiger charge is 2.33. The second kappa shape index (κ2) is 6.74. The lowest BCUT2D eigenvalue weighted by Crippen LogP contribution is -2.35. The summed E-state index contributed by atoms with van der Waals surface area (Å²) in [6.07, 6.45) is 0.368. The Balaban J connectivity index is 2.05. The Labute approximate surface area is 139 Å². The van der Waals surface area contributed by atoms with Crippen molar-refractivity contribution in [3.8, 4) is 0 Å². The molecule has 0 aliphatic carbocycles. The van der Waals surface area contributed by atoms with Gasteiger partial charge in [-0.05, 0) is 34.1 Å². The molecule has 1 aromatic rings. The van der Waals surface area contributed by atoms with Crippen LogP contribution < -0.4 is 0 Å². The fraction of sp³-hybridized carbons (Fsp3) is 0.714. The molecule has 8 nitrogen and oxygen atoms in total. The van der Waals surface area contributed by atoms with Crippen LogP contribution in [-0.4, -0.2) is 56.7 Å². The SMILES string of the molecule is Cc1c(C(=O)OCCl)nnn1C1CCN(C(=O)OC(C)(C)C)C1. The number of alkyl halides is 1. The number of halogens is 1. The van der Waals surface area contributed by atoms with Gasteiger partial charge in [0.1, 0.15) is 5.60 Å². The third kappa shape index (κ3) is 4.13. The fourth-order valence-electron chi connectivity index (χ4n) is 2.43. The summed E-state index contributed by atoms with van der Waals surface area (Å²) in [6.45, 7) is 8.25. The number of aromatic nitrogens is 3. The first-order valence-electron chi connectivity index (χ1n) is 7.35. The van der Waals surface area contributed by atoms with Crippen molar-refractivity contribution in [3.05, 3.63) is 11.4 Å². The van der Waals surface area contributed by atoms with Crippen LogP contribution in [0.25, 0.3) is 0 Å². The maximum Gasteiger partial charge on any atom is 0.410 e. The van der Waals surface area contributed by atoms with Crippen molar-refractivity contribution >= 4 is 23.7 Å². The largest absolute Gasteiger partial charge is 0.445 e. The van der Waals surface area contributed by atoms with Gasteiger partial charge >= 0.3 is 12.1 Å². The Bertz CT molecular complexity index is 596. The minimum atomic E-state index is -0.606. The Kier molecular flexibility index (Phi) is 5.13. The molecule has 1 atom stereocenters. The van der Waals surface area contributed by atoms with E-state index in [-0.39, 0.29) is 23.9 Å². The van der Waals surface area contributed by atoms with Crippen LogP contribution in [0.5, 0.6) is 0 Å². The van der Waals surface area contributed by atoms with Crippen molar-refractivity contribution in [3.63, 3.8) is 0 Å². The second-order valence-electron chi connectivity index (χ2n) is 6.38. The zero-order valence-electron chi connectivity index (χ0n) is 13.7. The number of amides is 1. The number of ether oxygens (including phenoxy) is 2. The molecule has 0 bridgehead atoms. The summed E-state index contributed by atoms with van der Waals surface area (Å²) in [4.78, 5) is 25.4. The average molecular weight is 345 g/mol. The normalized spacial score (nSPS) is 18.1. The van der Waals surface area contributed by atoms with Crippen LogP contribution in [0.3, 0.4) is 0 Å². The van der Waals surface area contributed by atoms with Crippen molar-refractivity contribution in [1.29, 1.82) is 0 Å². The zero-order chi connectivity index (χ0) is 17.2. The molecule has 1 aliphatic heterocycles. The lowest BCUT2D eigenvalue weighted by atomic mass is 10.2. The van der Waals surface area contributed by atoms with E-state index in [9.17, 15) is 9.59 Å². The van der Waals surface area contributed by atoms with E-state index in [4.69, 9.17) is 21.1 Å². The van der Waals surface area contributed by atoms with Crippen LogP contribution in [0.1, 0.15) is 49.4 Å². The van der Waals surface area contributed by atoms with Crippen molar-refractivity contribution in [2.24, 2.45) is 0 Å². The first kappa shape index (κ1) is 17.5. The van der Waals surface area contributed by atoms with Gasteiger partial charge in [0.05, 0.1) is 11.7 Å². The molecule has 1 saturated heterocycles. The van der Waals surface area contributed by atoms with Crippen molar-refractivity contribution in [2.75, 3.05) is 19.2 Å². The smallest absolute Gasteiger partial charge is 0.410 e. The standard InChI is InChI=1S/C14H21ClN4O4/c1-9-11(12(20)22-8-15)16-17-19(9)10-5-6-18(7-10)13(21)23-14(2,3)4/h10H,5-8H2,1-4H3. The van der Waals surface area contributed by atoms with Gasteiger partial charge in [0.15, 0.2) is 11.8 Å². The minimum absolute atomic E-state index is 0.0485. The first-order chi connectivity index (χ1) is 10.7. The van der Waals surface area contributed by atoms with E-state index in [0.29, 0.717) is 25.2 Å². The van der Waals surface area contributed by atoms with Gasteiger partial charge in [-0.15, -0.1) is 5.10 Å².